The Balaban J connectivity index is 2.04. The molecule has 20 heavy (non-hydrogen) atoms. The van der Waals surface area contributed by atoms with Crippen molar-refractivity contribution in [3.8, 4) is 0 Å². The Morgan fingerprint density at radius 2 is 2.00 bits per heavy atom. The van der Waals surface area contributed by atoms with E-state index in [0.717, 1.165) is 11.3 Å². The summed E-state index contributed by atoms with van der Waals surface area (Å²) in [5, 5.41) is 3.11. The number of halogens is 2. The fourth-order valence-electron chi connectivity index (χ4n) is 2.28. The van der Waals surface area contributed by atoms with Gasteiger partial charge in [0.1, 0.15) is 6.10 Å². The van der Waals surface area contributed by atoms with E-state index in [1.807, 2.05) is 24.3 Å². The molecule has 1 aliphatic heterocycles. The van der Waals surface area contributed by atoms with Crippen LogP contribution in [0.1, 0.15) is 32.8 Å². The van der Waals surface area contributed by atoms with Crippen LogP contribution in [0.2, 0.25) is 0 Å². The lowest BCUT2D eigenvalue weighted by Gasteiger charge is -2.24. The van der Waals surface area contributed by atoms with Gasteiger partial charge < -0.3 is 10.1 Å². The zero-order valence-electron chi connectivity index (χ0n) is 11.9. The fraction of sp³-hybridized carbons (Fsp3) is 0.533. The van der Waals surface area contributed by atoms with E-state index in [9.17, 15) is 13.6 Å². The van der Waals surface area contributed by atoms with Gasteiger partial charge in [0.25, 0.3) is 0 Å². The van der Waals surface area contributed by atoms with Gasteiger partial charge in [-0.2, -0.15) is 8.78 Å². The highest BCUT2D eigenvalue weighted by atomic mass is 19.3. The number of para-hydroxylation sites is 1. The molecule has 1 saturated heterocycles. The van der Waals surface area contributed by atoms with Crippen LogP contribution in [0.4, 0.5) is 14.5 Å². The second kappa shape index (κ2) is 5.04. The van der Waals surface area contributed by atoms with E-state index in [-0.39, 0.29) is 12.0 Å². The van der Waals surface area contributed by atoms with Gasteiger partial charge in [-0.15, -0.1) is 0 Å². The molecule has 1 atom stereocenters. The SMILES string of the molecule is CC(C)(C)c1ccccc1NCC1CC(F)(F)C(=O)O1. The van der Waals surface area contributed by atoms with Crippen LogP contribution >= 0.6 is 0 Å². The zero-order chi connectivity index (χ0) is 15.0. The summed E-state index contributed by atoms with van der Waals surface area (Å²) < 4.78 is 30.8. The van der Waals surface area contributed by atoms with E-state index >= 15 is 0 Å². The molecule has 1 N–H and O–H groups in total. The van der Waals surface area contributed by atoms with E-state index in [2.05, 4.69) is 30.8 Å². The number of hydrogen-bond donors (Lipinski definition) is 1. The van der Waals surface area contributed by atoms with Crippen molar-refractivity contribution in [3.05, 3.63) is 29.8 Å². The van der Waals surface area contributed by atoms with Crippen LogP contribution < -0.4 is 5.32 Å². The minimum absolute atomic E-state index is 0.0557. The maximum atomic E-state index is 13.1. The smallest absolute Gasteiger partial charge is 0.377 e. The first-order valence-electron chi connectivity index (χ1n) is 6.62. The number of hydrogen-bond acceptors (Lipinski definition) is 3. The van der Waals surface area contributed by atoms with Crippen LogP contribution in [0.5, 0.6) is 0 Å². The van der Waals surface area contributed by atoms with Gasteiger partial charge in [0, 0.05) is 5.69 Å². The van der Waals surface area contributed by atoms with E-state index in [1.54, 1.807) is 0 Å². The van der Waals surface area contributed by atoms with Crippen molar-refractivity contribution >= 4 is 11.7 Å². The van der Waals surface area contributed by atoms with E-state index in [0.29, 0.717) is 0 Å². The number of benzene rings is 1. The quantitative estimate of drug-likeness (QED) is 0.865. The summed E-state index contributed by atoms with van der Waals surface area (Å²) >= 11 is 0. The number of rotatable bonds is 3. The highest BCUT2D eigenvalue weighted by Crippen LogP contribution is 2.32. The molecular weight excluding hydrogens is 264 g/mol. The third kappa shape index (κ3) is 3.08. The second-order valence-corrected chi connectivity index (χ2v) is 6.11. The molecule has 0 aromatic heterocycles. The maximum Gasteiger partial charge on any atom is 0.377 e. The van der Waals surface area contributed by atoms with E-state index in [1.165, 1.54) is 0 Å². The molecule has 0 aliphatic carbocycles. The fourth-order valence-corrected chi connectivity index (χ4v) is 2.28. The molecule has 0 bridgehead atoms. The molecule has 1 aliphatic rings. The van der Waals surface area contributed by atoms with E-state index < -0.39 is 24.4 Å². The van der Waals surface area contributed by atoms with Crippen LogP contribution in [-0.2, 0) is 14.9 Å². The molecule has 1 heterocycles. The van der Waals surface area contributed by atoms with Gasteiger partial charge in [0.2, 0.25) is 0 Å². The topological polar surface area (TPSA) is 38.3 Å². The molecule has 5 heteroatoms. The Kier molecular flexibility index (Phi) is 3.71. The maximum absolute atomic E-state index is 13.1. The highest BCUT2D eigenvalue weighted by Gasteiger charge is 2.50. The largest absolute Gasteiger partial charge is 0.456 e. The molecule has 0 spiro atoms. The Labute approximate surface area is 117 Å². The molecule has 2 rings (SSSR count). The number of alkyl halides is 2. The van der Waals surface area contributed by atoms with Crippen molar-refractivity contribution < 1.29 is 18.3 Å². The molecule has 1 unspecified atom stereocenters. The Morgan fingerprint density at radius 1 is 1.35 bits per heavy atom. The van der Waals surface area contributed by atoms with Gasteiger partial charge in [-0.1, -0.05) is 39.0 Å². The molecule has 3 nitrogen and oxygen atoms in total. The van der Waals surface area contributed by atoms with Gasteiger partial charge in [0.15, 0.2) is 0 Å². The lowest BCUT2D eigenvalue weighted by atomic mass is 9.86. The molecule has 1 aromatic rings. The molecule has 0 amide bonds. The monoisotopic (exact) mass is 283 g/mol. The van der Waals surface area contributed by atoms with Crippen molar-refractivity contribution in [2.24, 2.45) is 0 Å². The number of cyclic esters (lactones) is 1. The van der Waals surface area contributed by atoms with Crippen LogP contribution in [0.15, 0.2) is 24.3 Å². The second-order valence-electron chi connectivity index (χ2n) is 6.11. The molecule has 1 fully saturated rings. The van der Waals surface area contributed by atoms with Crippen molar-refractivity contribution in [3.63, 3.8) is 0 Å². The van der Waals surface area contributed by atoms with E-state index in [4.69, 9.17) is 0 Å². The van der Waals surface area contributed by atoms with Crippen LogP contribution in [0, 0.1) is 0 Å². The molecule has 0 saturated carbocycles. The van der Waals surface area contributed by atoms with Crippen molar-refractivity contribution in [1.82, 2.24) is 0 Å². The number of ether oxygens (including phenoxy) is 1. The van der Waals surface area contributed by atoms with Gasteiger partial charge in [0.05, 0.1) is 13.0 Å². The van der Waals surface area contributed by atoms with Gasteiger partial charge in [-0.05, 0) is 17.0 Å². The Morgan fingerprint density at radius 3 is 2.55 bits per heavy atom. The van der Waals surface area contributed by atoms with Crippen LogP contribution in [-0.4, -0.2) is 24.5 Å². The molecular formula is C15H19F2NO2. The van der Waals surface area contributed by atoms with Crippen molar-refractivity contribution in [2.75, 3.05) is 11.9 Å². The Hall–Kier alpha value is -1.65. The predicted octanol–water partition coefficient (Wildman–Crippen LogP) is 3.35. The van der Waals surface area contributed by atoms with Crippen molar-refractivity contribution in [2.45, 2.75) is 44.6 Å². The lowest BCUT2D eigenvalue weighted by Crippen LogP contribution is -2.23. The lowest BCUT2D eigenvalue weighted by molar-refractivity contribution is -0.158. The first-order valence-corrected chi connectivity index (χ1v) is 6.62. The number of carbonyl (C=O) groups is 1. The van der Waals surface area contributed by atoms with Gasteiger partial charge in [-0.25, -0.2) is 4.79 Å². The standard InChI is InChI=1S/C15H19F2NO2/c1-14(2,3)11-6-4-5-7-12(11)18-9-10-8-15(16,17)13(19)20-10/h4-7,10,18H,8-9H2,1-3H3. The number of anilines is 1. The van der Waals surface area contributed by atoms with Gasteiger partial charge in [-0.3, -0.25) is 0 Å². The minimum atomic E-state index is -3.35. The normalized spacial score (nSPS) is 21.6. The molecule has 1 aromatic carbocycles. The zero-order valence-corrected chi connectivity index (χ0v) is 11.9. The third-order valence-corrected chi connectivity index (χ3v) is 3.31. The summed E-state index contributed by atoms with van der Waals surface area (Å²) in [5.41, 5.74) is 1.92. The summed E-state index contributed by atoms with van der Waals surface area (Å²) in [6, 6.07) is 7.72. The summed E-state index contributed by atoms with van der Waals surface area (Å²) in [6.07, 6.45) is -1.35. The number of carbonyl (C=O) groups excluding carboxylic acids is 1. The van der Waals surface area contributed by atoms with Crippen LogP contribution in [0.3, 0.4) is 0 Å². The third-order valence-electron chi connectivity index (χ3n) is 3.31. The minimum Gasteiger partial charge on any atom is -0.456 e. The van der Waals surface area contributed by atoms with Gasteiger partial charge >= 0.3 is 11.9 Å². The van der Waals surface area contributed by atoms with Crippen molar-refractivity contribution in [1.29, 1.82) is 0 Å². The first kappa shape index (κ1) is 14.8. The molecule has 0 radical (unpaired) electrons. The average molecular weight is 283 g/mol. The average Bonchev–Trinajstić information content (AvgIpc) is 2.60. The molecule has 110 valence electrons. The number of esters is 1. The highest BCUT2D eigenvalue weighted by molar-refractivity contribution is 5.79. The predicted molar refractivity (Wildman–Crippen MR) is 73.1 cm³/mol. The summed E-state index contributed by atoms with van der Waals surface area (Å²) in [6.45, 7) is 6.43. The first-order chi connectivity index (χ1) is 9.20. The Bertz CT molecular complexity index is 509. The van der Waals surface area contributed by atoms with Crippen LogP contribution in [0.25, 0.3) is 0 Å². The number of nitrogens with one attached hydrogen (secondary N) is 1. The summed E-state index contributed by atoms with van der Waals surface area (Å²) in [4.78, 5) is 10.9. The summed E-state index contributed by atoms with van der Waals surface area (Å²) in [7, 11) is 0. The summed E-state index contributed by atoms with van der Waals surface area (Å²) in [5.74, 6) is -4.77.